The summed E-state index contributed by atoms with van der Waals surface area (Å²) >= 11 is 0. The van der Waals surface area contributed by atoms with Crippen molar-refractivity contribution in [2.24, 2.45) is 5.41 Å². The van der Waals surface area contributed by atoms with Crippen LogP contribution in [0.4, 0.5) is 21.5 Å². The first-order chi connectivity index (χ1) is 15.5. The van der Waals surface area contributed by atoms with E-state index in [1.165, 1.54) is 6.07 Å². The summed E-state index contributed by atoms with van der Waals surface area (Å²) in [7, 11) is 0. The van der Waals surface area contributed by atoms with Crippen LogP contribution in [0.5, 0.6) is 0 Å². The van der Waals surface area contributed by atoms with Crippen LogP contribution in [0.3, 0.4) is 0 Å². The molecule has 0 bridgehead atoms. The minimum absolute atomic E-state index is 0.0571. The molecule has 0 saturated carbocycles. The molecule has 174 valence electrons. The Bertz CT molecular complexity index is 1310. The van der Waals surface area contributed by atoms with E-state index in [0.717, 1.165) is 17.7 Å². The van der Waals surface area contributed by atoms with Crippen molar-refractivity contribution in [3.05, 3.63) is 72.7 Å². The van der Waals surface area contributed by atoms with Crippen molar-refractivity contribution in [2.75, 3.05) is 10.6 Å². The number of rotatable bonds is 7. The summed E-state index contributed by atoms with van der Waals surface area (Å²) in [5, 5.41) is 8.68. The molecule has 1 aromatic heterocycles. The molecule has 8 heteroatoms. The fourth-order valence-corrected chi connectivity index (χ4v) is 4.19. The quantitative estimate of drug-likeness (QED) is 0.446. The van der Waals surface area contributed by atoms with E-state index in [1.54, 1.807) is 13.0 Å². The second-order valence-electron chi connectivity index (χ2n) is 9.42. The molecule has 0 saturated heterocycles. The van der Waals surface area contributed by atoms with Gasteiger partial charge < -0.3 is 20.4 Å². The molecule has 0 spiro atoms. The number of halogens is 1. The average Bonchev–Trinajstić information content (AvgIpc) is 3.25. The van der Waals surface area contributed by atoms with Crippen molar-refractivity contribution in [2.45, 2.75) is 60.0 Å². The highest BCUT2D eigenvalue weighted by Crippen LogP contribution is 2.41. The highest BCUT2D eigenvalue weighted by Gasteiger charge is 2.36. The molecule has 0 radical (unpaired) electrons. The number of hydrogen-bond donors (Lipinski definition) is 3. The standard InChI is InChI=1S/C25H28FN3O4/c1-7-25(5,6)23(16-10-11(2)13(4)33-16)29-20-19(21(30)22(20)31)28-18-15(26)9-8-14-12(3)27-24(32)17(14)18/h8-10,12,23,28-29H,7H2,1-6H3,(H,27,32)/t12?,23-/m0/s1. The van der Waals surface area contributed by atoms with Crippen LogP contribution in [0.1, 0.15) is 79.2 Å². The monoisotopic (exact) mass is 453 g/mol. The third-order valence-corrected chi connectivity index (χ3v) is 6.84. The van der Waals surface area contributed by atoms with E-state index >= 15 is 0 Å². The number of carbonyl (C=O) groups is 1. The summed E-state index contributed by atoms with van der Waals surface area (Å²) in [6.45, 7) is 11.7. The van der Waals surface area contributed by atoms with Gasteiger partial charge in [0, 0.05) is 0 Å². The number of benzene rings is 1. The minimum atomic E-state index is -0.763. The minimum Gasteiger partial charge on any atom is -0.464 e. The van der Waals surface area contributed by atoms with Gasteiger partial charge in [-0.3, -0.25) is 14.4 Å². The van der Waals surface area contributed by atoms with Gasteiger partial charge in [0.15, 0.2) is 0 Å². The van der Waals surface area contributed by atoms with Gasteiger partial charge in [0.25, 0.3) is 16.8 Å². The normalized spacial score (nSPS) is 16.6. The van der Waals surface area contributed by atoms with Gasteiger partial charge in [-0.15, -0.1) is 0 Å². The van der Waals surface area contributed by atoms with Crippen LogP contribution in [0.25, 0.3) is 0 Å². The summed E-state index contributed by atoms with van der Waals surface area (Å²) in [5.74, 6) is 0.309. The number of aryl methyl sites for hydroxylation is 2. The molecule has 1 amide bonds. The van der Waals surface area contributed by atoms with Crippen molar-refractivity contribution in [3.63, 3.8) is 0 Å². The summed E-state index contributed by atoms with van der Waals surface area (Å²) < 4.78 is 20.7. The number of anilines is 3. The topological polar surface area (TPSA) is 100 Å². The largest absolute Gasteiger partial charge is 0.464 e. The Morgan fingerprint density at radius 3 is 2.39 bits per heavy atom. The molecule has 2 aromatic carbocycles. The number of furan rings is 1. The number of amides is 1. The molecule has 1 unspecified atom stereocenters. The number of nitrogens with one attached hydrogen (secondary N) is 3. The molecular weight excluding hydrogens is 425 g/mol. The van der Waals surface area contributed by atoms with Crippen LogP contribution in [0.15, 0.2) is 32.2 Å². The average molecular weight is 454 g/mol. The molecule has 33 heavy (non-hydrogen) atoms. The molecular formula is C25H28FN3O4. The maximum Gasteiger partial charge on any atom is 0.254 e. The van der Waals surface area contributed by atoms with E-state index < -0.39 is 28.6 Å². The fourth-order valence-electron chi connectivity index (χ4n) is 4.19. The number of fused-ring (bicyclic) bond motifs is 1. The summed E-state index contributed by atoms with van der Waals surface area (Å²) in [6.07, 6.45) is 0.764. The van der Waals surface area contributed by atoms with E-state index in [2.05, 4.69) is 16.0 Å². The van der Waals surface area contributed by atoms with Crippen LogP contribution >= 0.6 is 0 Å². The molecule has 1 aliphatic heterocycles. The summed E-state index contributed by atoms with van der Waals surface area (Å²) in [5.41, 5.74) is -0.149. The summed E-state index contributed by atoms with van der Waals surface area (Å²) in [6, 6.07) is 4.01. The predicted molar refractivity (Wildman–Crippen MR) is 126 cm³/mol. The second-order valence-corrected chi connectivity index (χ2v) is 9.42. The molecule has 7 nitrogen and oxygen atoms in total. The van der Waals surface area contributed by atoms with Crippen LogP contribution in [-0.4, -0.2) is 5.91 Å². The van der Waals surface area contributed by atoms with E-state index in [9.17, 15) is 18.8 Å². The third kappa shape index (κ3) is 3.63. The lowest BCUT2D eigenvalue weighted by Crippen LogP contribution is -2.40. The molecule has 0 fully saturated rings. The van der Waals surface area contributed by atoms with Gasteiger partial charge in [-0.2, -0.15) is 0 Å². The molecule has 3 N–H and O–H groups in total. The molecule has 4 rings (SSSR count). The van der Waals surface area contributed by atoms with Crippen molar-refractivity contribution in [1.29, 1.82) is 0 Å². The first kappa shape index (κ1) is 22.8. The van der Waals surface area contributed by atoms with E-state index in [4.69, 9.17) is 4.42 Å². The van der Waals surface area contributed by atoms with Crippen molar-refractivity contribution >= 4 is 23.0 Å². The highest BCUT2D eigenvalue weighted by molar-refractivity contribution is 6.05. The SMILES string of the molecule is CCC(C)(C)[C@@H](Nc1c(Nc2c(F)ccc3c2C(=O)NC3C)c(=O)c1=O)c1cc(C)c(C)o1. The zero-order valence-electron chi connectivity index (χ0n) is 19.6. The van der Waals surface area contributed by atoms with Gasteiger partial charge in [0.1, 0.15) is 28.7 Å². The zero-order chi connectivity index (χ0) is 24.2. The lowest BCUT2D eigenvalue weighted by atomic mass is 9.80. The maximum atomic E-state index is 14.7. The van der Waals surface area contributed by atoms with Gasteiger partial charge in [-0.1, -0.05) is 26.8 Å². The van der Waals surface area contributed by atoms with Gasteiger partial charge >= 0.3 is 0 Å². The Balaban J connectivity index is 1.75. The molecule has 0 aliphatic carbocycles. The third-order valence-electron chi connectivity index (χ3n) is 6.84. The summed E-state index contributed by atoms with van der Waals surface area (Å²) in [4.78, 5) is 37.4. The predicted octanol–water partition coefficient (Wildman–Crippen LogP) is 4.77. The molecule has 1 aliphatic rings. The van der Waals surface area contributed by atoms with Gasteiger partial charge in [-0.05, 0) is 55.9 Å². The van der Waals surface area contributed by atoms with Crippen molar-refractivity contribution in [3.8, 4) is 0 Å². The second kappa shape index (κ2) is 7.86. The lowest BCUT2D eigenvalue weighted by molar-refractivity contribution is 0.0959. The Kier molecular flexibility index (Phi) is 5.42. The van der Waals surface area contributed by atoms with Gasteiger partial charge in [-0.25, -0.2) is 4.39 Å². The van der Waals surface area contributed by atoms with E-state index in [-0.39, 0.29) is 34.1 Å². The van der Waals surface area contributed by atoms with E-state index in [1.807, 2.05) is 40.7 Å². The Labute approximate surface area is 191 Å². The molecule has 3 aromatic rings. The fraction of sp³-hybridized carbons (Fsp3) is 0.400. The van der Waals surface area contributed by atoms with Crippen LogP contribution in [-0.2, 0) is 0 Å². The highest BCUT2D eigenvalue weighted by atomic mass is 19.1. The first-order valence-electron chi connectivity index (χ1n) is 11.0. The zero-order valence-corrected chi connectivity index (χ0v) is 19.6. The van der Waals surface area contributed by atoms with Crippen molar-refractivity contribution in [1.82, 2.24) is 5.32 Å². The molecule has 2 atom stereocenters. The van der Waals surface area contributed by atoms with Gasteiger partial charge in [0.05, 0.1) is 23.3 Å². The Hall–Kier alpha value is -3.42. The Morgan fingerprint density at radius 2 is 1.79 bits per heavy atom. The van der Waals surface area contributed by atoms with Gasteiger partial charge in [0.2, 0.25) is 0 Å². The smallest absolute Gasteiger partial charge is 0.254 e. The molecule has 2 heterocycles. The van der Waals surface area contributed by atoms with E-state index in [0.29, 0.717) is 11.3 Å². The van der Waals surface area contributed by atoms with Crippen LogP contribution in [0.2, 0.25) is 0 Å². The van der Waals surface area contributed by atoms with Crippen LogP contribution in [0, 0.1) is 25.1 Å². The Morgan fingerprint density at radius 1 is 1.12 bits per heavy atom. The van der Waals surface area contributed by atoms with Crippen molar-refractivity contribution < 1.29 is 13.6 Å². The number of carbonyl (C=O) groups excluding carboxylic acids is 1. The van der Waals surface area contributed by atoms with Crippen LogP contribution < -0.4 is 26.8 Å². The lowest BCUT2D eigenvalue weighted by Gasteiger charge is -2.34. The number of hydrogen-bond acceptors (Lipinski definition) is 6. The maximum absolute atomic E-state index is 14.7. The first-order valence-corrected chi connectivity index (χ1v) is 11.0.